The zero-order chi connectivity index (χ0) is 21.0. The lowest BCUT2D eigenvalue weighted by Gasteiger charge is -2.24. The minimum atomic E-state index is -1.26. The molecule has 0 aliphatic carbocycles. The molecular weight excluding hydrogens is 368 g/mol. The zero-order valence-corrected chi connectivity index (χ0v) is 16.8. The van der Waals surface area contributed by atoms with E-state index in [9.17, 15) is 19.8 Å². The third-order valence-electron chi connectivity index (χ3n) is 5.21. The largest absolute Gasteiger partial charge is 0.477 e. The minimum Gasteiger partial charge on any atom is -0.477 e. The van der Waals surface area contributed by atoms with Gasteiger partial charge in [0.15, 0.2) is 0 Å². The first-order valence-corrected chi connectivity index (χ1v) is 9.83. The third-order valence-corrected chi connectivity index (χ3v) is 5.21. The van der Waals surface area contributed by atoms with Crippen LogP contribution in [0.2, 0.25) is 0 Å². The summed E-state index contributed by atoms with van der Waals surface area (Å²) in [6, 6.07) is 13.7. The second-order valence-electron chi connectivity index (χ2n) is 6.92. The molecule has 0 saturated carbocycles. The Bertz CT molecular complexity index is 1080. The topological polar surface area (TPSA) is 82.8 Å². The highest BCUT2D eigenvalue weighted by atomic mass is 16.4. The van der Waals surface area contributed by atoms with Crippen LogP contribution >= 0.6 is 0 Å². The molecule has 1 aromatic heterocycles. The van der Waals surface area contributed by atoms with Gasteiger partial charge in [-0.25, -0.2) is 4.79 Å². The van der Waals surface area contributed by atoms with E-state index < -0.39 is 11.4 Å². The van der Waals surface area contributed by atoms with Gasteiger partial charge >= 0.3 is 5.97 Å². The van der Waals surface area contributed by atoms with Gasteiger partial charge in [0.1, 0.15) is 5.56 Å². The number of aliphatic hydroxyl groups excluding tert-OH is 1. The van der Waals surface area contributed by atoms with Crippen molar-refractivity contribution in [2.45, 2.75) is 26.8 Å². The van der Waals surface area contributed by atoms with Crippen LogP contribution in [-0.4, -0.2) is 40.4 Å². The fourth-order valence-electron chi connectivity index (χ4n) is 3.75. The number of carbonyl (C=O) groups is 1. The van der Waals surface area contributed by atoms with Crippen molar-refractivity contribution < 1.29 is 15.0 Å². The number of para-hydroxylation sites is 1. The molecule has 0 fully saturated rings. The third kappa shape index (κ3) is 4.17. The first-order chi connectivity index (χ1) is 14.0. The van der Waals surface area contributed by atoms with Crippen LogP contribution in [0, 0.1) is 0 Å². The summed E-state index contributed by atoms with van der Waals surface area (Å²) < 4.78 is 1.62. The molecule has 152 valence electrons. The predicted octanol–water partition coefficient (Wildman–Crippen LogP) is 3.13. The van der Waals surface area contributed by atoms with Gasteiger partial charge in [-0.05, 0) is 49.6 Å². The summed E-state index contributed by atoms with van der Waals surface area (Å²) >= 11 is 0. The summed E-state index contributed by atoms with van der Waals surface area (Å²) in [4.78, 5) is 26.5. The Morgan fingerprint density at radius 3 is 2.48 bits per heavy atom. The normalized spacial score (nSPS) is 11.0. The highest BCUT2D eigenvalue weighted by Crippen LogP contribution is 2.24. The molecule has 29 heavy (non-hydrogen) atoms. The molecule has 0 aliphatic heterocycles. The molecule has 0 atom stereocenters. The number of anilines is 1. The van der Waals surface area contributed by atoms with Gasteiger partial charge < -0.3 is 19.7 Å². The fourth-order valence-corrected chi connectivity index (χ4v) is 3.75. The van der Waals surface area contributed by atoms with Gasteiger partial charge in [-0.15, -0.1) is 0 Å². The number of aromatic nitrogens is 1. The second-order valence-corrected chi connectivity index (χ2v) is 6.92. The lowest BCUT2D eigenvalue weighted by atomic mass is 10.00. The number of aliphatic hydroxyl groups is 1. The SMILES string of the molecule is CCN(CC)c1ccccc1Cc1ccc2c(c1)c(=O)c(C(=O)O)cn2CCO. The molecule has 6 nitrogen and oxygen atoms in total. The monoisotopic (exact) mass is 394 g/mol. The first kappa shape index (κ1) is 20.6. The fraction of sp³-hybridized carbons (Fsp3) is 0.304. The number of carboxylic acids is 1. The van der Waals surface area contributed by atoms with Crippen LogP contribution in [0.3, 0.4) is 0 Å². The van der Waals surface area contributed by atoms with Crippen LogP contribution in [-0.2, 0) is 13.0 Å². The molecule has 3 rings (SSSR count). The van der Waals surface area contributed by atoms with E-state index in [1.165, 1.54) is 6.20 Å². The molecule has 0 unspecified atom stereocenters. The van der Waals surface area contributed by atoms with Gasteiger partial charge in [0.05, 0.1) is 12.1 Å². The molecule has 0 bridgehead atoms. The highest BCUT2D eigenvalue weighted by Gasteiger charge is 2.15. The predicted molar refractivity (Wildman–Crippen MR) is 115 cm³/mol. The van der Waals surface area contributed by atoms with Crippen LogP contribution in [0.4, 0.5) is 5.69 Å². The van der Waals surface area contributed by atoms with Crippen molar-refractivity contribution in [3.63, 3.8) is 0 Å². The number of pyridine rings is 1. The van der Waals surface area contributed by atoms with E-state index in [4.69, 9.17) is 0 Å². The summed E-state index contributed by atoms with van der Waals surface area (Å²) in [7, 11) is 0. The lowest BCUT2D eigenvalue weighted by molar-refractivity contribution is 0.0694. The number of fused-ring (bicyclic) bond motifs is 1. The second kappa shape index (κ2) is 8.92. The molecule has 2 N–H and O–H groups in total. The molecule has 0 amide bonds. The molecule has 0 radical (unpaired) electrons. The van der Waals surface area contributed by atoms with E-state index in [2.05, 4.69) is 30.9 Å². The van der Waals surface area contributed by atoms with Crippen molar-refractivity contribution in [1.82, 2.24) is 4.57 Å². The molecular formula is C23H26N2O4. The van der Waals surface area contributed by atoms with Gasteiger partial charge in [0.25, 0.3) is 0 Å². The summed E-state index contributed by atoms with van der Waals surface area (Å²) in [6.07, 6.45) is 1.94. The van der Waals surface area contributed by atoms with E-state index >= 15 is 0 Å². The van der Waals surface area contributed by atoms with Crippen molar-refractivity contribution >= 4 is 22.6 Å². The number of nitrogens with zero attached hydrogens (tertiary/aromatic N) is 2. The Morgan fingerprint density at radius 2 is 1.83 bits per heavy atom. The van der Waals surface area contributed by atoms with E-state index in [-0.39, 0.29) is 18.7 Å². The van der Waals surface area contributed by atoms with Crippen molar-refractivity contribution in [1.29, 1.82) is 0 Å². The zero-order valence-electron chi connectivity index (χ0n) is 16.8. The maximum atomic E-state index is 12.7. The van der Waals surface area contributed by atoms with Crippen LogP contribution < -0.4 is 10.3 Å². The van der Waals surface area contributed by atoms with Gasteiger partial charge in [-0.2, -0.15) is 0 Å². The Morgan fingerprint density at radius 1 is 1.10 bits per heavy atom. The Labute approximate surface area is 169 Å². The smallest absolute Gasteiger partial charge is 0.341 e. The van der Waals surface area contributed by atoms with Gasteiger partial charge in [0, 0.05) is 36.9 Å². The van der Waals surface area contributed by atoms with Crippen molar-refractivity contribution in [3.8, 4) is 0 Å². The highest BCUT2D eigenvalue weighted by molar-refractivity contribution is 5.92. The molecule has 1 heterocycles. The average Bonchev–Trinajstić information content (AvgIpc) is 2.72. The van der Waals surface area contributed by atoms with Gasteiger partial charge in [-0.3, -0.25) is 4.79 Å². The number of benzene rings is 2. The minimum absolute atomic E-state index is 0.143. The summed E-state index contributed by atoms with van der Waals surface area (Å²) in [6.45, 7) is 6.12. The molecule has 6 heteroatoms. The van der Waals surface area contributed by atoms with Crippen molar-refractivity contribution in [2.24, 2.45) is 0 Å². The lowest BCUT2D eigenvalue weighted by Crippen LogP contribution is -2.23. The van der Waals surface area contributed by atoms with E-state index in [0.717, 1.165) is 29.9 Å². The molecule has 0 aliphatic rings. The van der Waals surface area contributed by atoms with Crippen molar-refractivity contribution in [3.05, 3.63) is 75.6 Å². The number of hydrogen-bond acceptors (Lipinski definition) is 4. The van der Waals surface area contributed by atoms with Gasteiger partial charge in [-0.1, -0.05) is 24.3 Å². The number of hydrogen-bond donors (Lipinski definition) is 2. The van der Waals surface area contributed by atoms with E-state index in [1.807, 2.05) is 24.3 Å². The number of rotatable bonds is 8. The number of carboxylic acid groups (broad SMARTS) is 1. The van der Waals surface area contributed by atoms with E-state index in [0.29, 0.717) is 17.3 Å². The Hall–Kier alpha value is -3.12. The van der Waals surface area contributed by atoms with Gasteiger partial charge in [0.2, 0.25) is 5.43 Å². The number of aromatic carboxylic acids is 1. The first-order valence-electron chi connectivity index (χ1n) is 9.83. The van der Waals surface area contributed by atoms with Crippen LogP contribution in [0.5, 0.6) is 0 Å². The Balaban J connectivity index is 2.10. The molecule has 2 aromatic carbocycles. The maximum Gasteiger partial charge on any atom is 0.341 e. The molecule has 3 aromatic rings. The summed E-state index contributed by atoms with van der Waals surface area (Å²) in [5.41, 5.74) is 3.09. The maximum absolute atomic E-state index is 12.7. The standard InChI is InChI=1S/C23H26N2O4/c1-3-24(4-2)20-8-6-5-7-17(20)13-16-9-10-21-18(14-16)22(27)19(23(28)29)15-25(21)11-12-26/h5-10,14-15,26H,3-4,11-13H2,1-2H3,(H,28,29). The summed E-state index contributed by atoms with van der Waals surface area (Å²) in [5.74, 6) is -1.26. The average molecular weight is 394 g/mol. The van der Waals surface area contributed by atoms with Crippen LogP contribution in [0.15, 0.2) is 53.5 Å². The quantitative estimate of drug-likeness (QED) is 0.613. The summed E-state index contributed by atoms with van der Waals surface area (Å²) in [5, 5.41) is 19.1. The molecule has 0 saturated heterocycles. The van der Waals surface area contributed by atoms with E-state index in [1.54, 1.807) is 10.6 Å². The van der Waals surface area contributed by atoms with Crippen molar-refractivity contribution in [2.75, 3.05) is 24.6 Å². The Kier molecular flexibility index (Phi) is 6.34. The van der Waals surface area contributed by atoms with Crippen LogP contribution in [0.25, 0.3) is 10.9 Å². The molecule has 0 spiro atoms. The van der Waals surface area contributed by atoms with Crippen LogP contribution in [0.1, 0.15) is 35.3 Å².